The third kappa shape index (κ3) is 2.44. The van der Waals surface area contributed by atoms with Gasteiger partial charge in [0.2, 0.25) is 0 Å². The van der Waals surface area contributed by atoms with Gasteiger partial charge in [-0.2, -0.15) is 5.26 Å². The van der Waals surface area contributed by atoms with Gasteiger partial charge in [0.25, 0.3) is 0 Å². The average molecular weight is 213 g/mol. The van der Waals surface area contributed by atoms with Crippen LogP contribution in [0.3, 0.4) is 0 Å². The summed E-state index contributed by atoms with van der Waals surface area (Å²) in [5.74, 6) is 1.58. The molecule has 0 unspecified atom stereocenters. The Morgan fingerprint density at radius 2 is 1.88 bits per heavy atom. The molecular formula is C15H19N. The third-order valence-electron chi connectivity index (χ3n) is 3.78. The van der Waals surface area contributed by atoms with Gasteiger partial charge in [0.15, 0.2) is 0 Å². The second-order valence-corrected chi connectivity index (χ2v) is 4.99. The van der Waals surface area contributed by atoms with E-state index in [0.29, 0.717) is 12.3 Å². The number of hydrogen-bond acceptors (Lipinski definition) is 1. The predicted octanol–water partition coefficient (Wildman–Crippen LogP) is 4.05. The van der Waals surface area contributed by atoms with Crippen LogP contribution in [-0.2, 0) is 6.42 Å². The first-order valence-corrected chi connectivity index (χ1v) is 6.26. The van der Waals surface area contributed by atoms with Crippen LogP contribution in [0.4, 0.5) is 0 Å². The van der Waals surface area contributed by atoms with Crippen LogP contribution in [0.5, 0.6) is 0 Å². The van der Waals surface area contributed by atoms with E-state index in [-0.39, 0.29) is 0 Å². The Balaban J connectivity index is 2.17. The van der Waals surface area contributed by atoms with E-state index in [1.165, 1.54) is 36.8 Å². The van der Waals surface area contributed by atoms with E-state index >= 15 is 0 Å². The lowest BCUT2D eigenvalue weighted by Crippen LogP contribution is -2.12. The van der Waals surface area contributed by atoms with Crippen LogP contribution in [0, 0.1) is 17.2 Å². The summed E-state index contributed by atoms with van der Waals surface area (Å²) in [7, 11) is 0. The number of nitrogens with zero attached hydrogens (tertiary/aromatic N) is 1. The molecule has 84 valence electrons. The molecule has 1 heteroatoms. The van der Waals surface area contributed by atoms with Crippen molar-refractivity contribution in [2.45, 2.75) is 44.9 Å². The fourth-order valence-electron chi connectivity index (χ4n) is 2.75. The highest BCUT2D eigenvalue weighted by Crippen LogP contribution is 2.36. The molecule has 1 aromatic rings. The normalized spacial score (nSPS) is 25.0. The summed E-state index contributed by atoms with van der Waals surface area (Å²) in [6.07, 6.45) is 5.83. The lowest BCUT2D eigenvalue weighted by molar-refractivity contribution is 0.347. The van der Waals surface area contributed by atoms with Crippen molar-refractivity contribution in [3.8, 4) is 6.07 Å². The van der Waals surface area contributed by atoms with Crippen molar-refractivity contribution in [1.29, 1.82) is 5.26 Å². The number of benzene rings is 1. The second kappa shape index (κ2) is 5.16. The maximum absolute atomic E-state index is 8.83. The molecule has 0 spiro atoms. The van der Waals surface area contributed by atoms with Crippen molar-refractivity contribution in [2.75, 3.05) is 0 Å². The van der Waals surface area contributed by atoms with Crippen LogP contribution in [-0.4, -0.2) is 0 Å². The van der Waals surface area contributed by atoms with Crippen molar-refractivity contribution < 1.29 is 0 Å². The molecule has 1 saturated carbocycles. The van der Waals surface area contributed by atoms with Gasteiger partial charge in [0.1, 0.15) is 0 Å². The van der Waals surface area contributed by atoms with Crippen LogP contribution in [0.1, 0.15) is 49.7 Å². The van der Waals surface area contributed by atoms with Crippen molar-refractivity contribution in [1.82, 2.24) is 0 Å². The highest BCUT2D eigenvalue weighted by molar-refractivity contribution is 5.32. The molecule has 16 heavy (non-hydrogen) atoms. The molecule has 0 N–H and O–H groups in total. The van der Waals surface area contributed by atoms with Gasteiger partial charge < -0.3 is 0 Å². The summed E-state index contributed by atoms with van der Waals surface area (Å²) in [6, 6.07) is 10.7. The molecule has 1 aromatic carbocycles. The summed E-state index contributed by atoms with van der Waals surface area (Å²) >= 11 is 0. The molecule has 0 aliphatic heterocycles. The van der Waals surface area contributed by atoms with Crippen LogP contribution in [0.15, 0.2) is 24.3 Å². The minimum Gasteiger partial charge on any atom is -0.198 e. The third-order valence-corrected chi connectivity index (χ3v) is 3.78. The van der Waals surface area contributed by atoms with Gasteiger partial charge in [-0.25, -0.2) is 0 Å². The summed E-state index contributed by atoms with van der Waals surface area (Å²) in [5, 5.41) is 8.83. The SMILES string of the molecule is CC1CCC(c2ccccc2CC#N)CC1. The molecule has 1 nitrogen and oxygen atoms in total. The zero-order chi connectivity index (χ0) is 11.4. The van der Waals surface area contributed by atoms with Crippen molar-refractivity contribution in [3.63, 3.8) is 0 Å². The largest absolute Gasteiger partial charge is 0.198 e. The Hall–Kier alpha value is -1.29. The van der Waals surface area contributed by atoms with Crippen molar-refractivity contribution in [3.05, 3.63) is 35.4 Å². The van der Waals surface area contributed by atoms with E-state index in [9.17, 15) is 0 Å². The number of nitriles is 1. The molecule has 0 radical (unpaired) electrons. The molecule has 1 aliphatic carbocycles. The maximum atomic E-state index is 8.83. The molecule has 2 rings (SSSR count). The van der Waals surface area contributed by atoms with Gasteiger partial charge in [0, 0.05) is 0 Å². The molecule has 0 atom stereocenters. The number of rotatable bonds is 2. The molecular weight excluding hydrogens is 194 g/mol. The molecule has 0 bridgehead atoms. The van der Waals surface area contributed by atoms with Gasteiger partial charge in [0.05, 0.1) is 12.5 Å². The van der Waals surface area contributed by atoms with Crippen molar-refractivity contribution in [2.24, 2.45) is 5.92 Å². The minimum absolute atomic E-state index is 0.558. The van der Waals surface area contributed by atoms with Crippen LogP contribution < -0.4 is 0 Å². The first kappa shape index (κ1) is 11.2. The lowest BCUT2D eigenvalue weighted by Gasteiger charge is -2.27. The molecule has 1 fully saturated rings. The molecule has 0 heterocycles. The van der Waals surface area contributed by atoms with Crippen LogP contribution in [0.25, 0.3) is 0 Å². The Labute approximate surface area is 98.1 Å². The Bertz CT molecular complexity index is 381. The maximum Gasteiger partial charge on any atom is 0.0669 e. The number of hydrogen-bond donors (Lipinski definition) is 0. The quantitative estimate of drug-likeness (QED) is 0.727. The Kier molecular flexibility index (Phi) is 3.62. The molecule has 0 aromatic heterocycles. The van der Waals surface area contributed by atoms with E-state index in [4.69, 9.17) is 5.26 Å². The highest BCUT2D eigenvalue weighted by Gasteiger charge is 2.21. The van der Waals surface area contributed by atoms with Crippen LogP contribution in [0.2, 0.25) is 0 Å². The van der Waals surface area contributed by atoms with E-state index in [1.54, 1.807) is 0 Å². The van der Waals surface area contributed by atoms with E-state index in [1.807, 2.05) is 6.07 Å². The van der Waals surface area contributed by atoms with Gasteiger partial charge in [-0.1, -0.05) is 44.0 Å². The molecule has 0 saturated heterocycles. The standard InChI is InChI=1S/C15H19N/c1-12-6-8-14(9-7-12)15-5-3-2-4-13(15)10-11-16/h2-5,12,14H,6-10H2,1H3. The average Bonchev–Trinajstić information content (AvgIpc) is 2.32. The summed E-state index contributed by atoms with van der Waals surface area (Å²) in [6.45, 7) is 2.34. The lowest BCUT2D eigenvalue weighted by atomic mass is 9.78. The fourth-order valence-corrected chi connectivity index (χ4v) is 2.75. The van der Waals surface area contributed by atoms with Gasteiger partial charge in [-0.15, -0.1) is 0 Å². The van der Waals surface area contributed by atoms with Gasteiger partial charge >= 0.3 is 0 Å². The smallest absolute Gasteiger partial charge is 0.0669 e. The minimum atomic E-state index is 0.558. The zero-order valence-corrected chi connectivity index (χ0v) is 9.95. The summed E-state index contributed by atoms with van der Waals surface area (Å²) in [5.41, 5.74) is 2.67. The second-order valence-electron chi connectivity index (χ2n) is 4.99. The first-order valence-electron chi connectivity index (χ1n) is 6.26. The highest BCUT2D eigenvalue weighted by atomic mass is 14.3. The Morgan fingerprint density at radius 3 is 2.56 bits per heavy atom. The van der Waals surface area contributed by atoms with Gasteiger partial charge in [-0.05, 0) is 35.8 Å². The van der Waals surface area contributed by atoms with E-state index in [2.05, 4.69) is 31.2 Å². The zero-order valence-electron chi connectivity index (χ0n) is 9.95. The van der Waals surface area contributed by atoms with Gasteiger partial charge in [-0.3, -0.25) is 0 Å². The summed E-state index contributed by atoms with van der Waals surface area (Å²) in [4.78, 5) is 0. The van der Waals surface area contributed by atoms with Crippen molar-refractivity contribution >= 4 is 0 Å². The monoisotopic (exact) mass is 213 g/mol. The Morgan fingerprint density at radius 1 is 1.19 bits per heavy atom. The molecule has 0 amide bonds. The van der Waals surface area contributed by atoms with Crippen LogP contribution >= 0.6 is 0 Å². The molecule has 1 aliphatic rings. The fraction of sp³-hybridized carbons (Fsp3) is 0.533. The predicted molar refractivity (Wildman–Crippen MR) is 66.1 cm³/mol. The van der Waals surface area contributed by atoms with E-state index in [0.717, 1.165) is 5.92 Å². The topological polar surface area (TPSA) is 23.8 Å². The summed E-state index contributed by atoms with van der Waals surface area (Å²) < 4.78 is 0. The van der Waals surface area contributed by atoms with E-state index < -0.39 is 0 Å². The first-order chi connectivity index (χ1) is 7.81.